The van der Waals surface area contributed by atoms with E-state index >= 15 is 0 Å². The second-order valence-corrected chi connectivity index (χ2v) is 7.17. The number of alkyl halides is 2. The molecule has 1 amide bonds. The summed E-state index contributed by atoms with van der Waals surface area (Å²) in [7, 11) is 0. The molecule has 0 saturated heterocycles. The molecule has 5 nitrogen and oxygen atoms in total. The molecule has 4 rings (SSSR count). The maximum absolute atomic E-state index is 13.7. The van der Waals surface area contributed by atoms with E-state index in [2.05, 4.69) is 15.3 Å². The highest BCUT2D eigenvalue weighted by Gasteiger charge is 2.29. The van der Waals surface area contributed by atoms with Gasteiger partial charge in [0.05, 0.1) is 5.69 Å². The molecule has 26 heavy (non-hydrogen) atoms. The normalized spacial score (nSPS) is 13.3. The fourth-order valence-electron chi connectivity index (χ4n) is 3.36. The predicted molar refractivity (Wildman–Crippen MR) is 96.4 cm³/mol. The summed E-state index contributed by atoms with van der Waals surface area (Å²) in [5.41, 5.74) is 8.28. The van der Waals surface area contributed by atoms with E-state index in [1.54, 1.807) is 18.5 Å². The third kappa shape index (κ3) is 2.80. The highest BCUT2D eigenvalue weighted by atomic mass is 32.1. The monoisotopic (exact) mass is 374 g/mol. The van der Waals surface area contributed by atoms with Crippen LogP contribution in [0.4, 0.5) is 14.5 Å². The lowest BCUT2D eigenvalue weighted by Gasteiger charge is -2.09. The smallest absolute Gasteiger partial charge is 0.264 e. The number of rotatable bonds is 4. The fraction of sp³-hybridized carbons (Fsp3) is 0.278. The zero-order valence-corrected chi connectivity index (χ0v) is 14.6. The molecule has 134 valence electrons. The molecule has 1 aliphatic rings. The van der Waals surface area contributed by atoms with Gasteiger partial charge < -0.3 is 11.1 Å². The third-order valence-electron chi connectivity index (χ3n) is 4.55. The molecular formula is C18H16F2N4OS. The van der Waals surface area contributed by atoms with Gasteiger partial charge in [0.25, 0.3) is 12.3 Å². The Balaban J connectivity index is 1.71. The van der Waals surface area contributed by atoms with Crippen molar-refractivity contribution >= 4 is 33.1 Å². The van der Waals surface area contributed by atoms with Crippen LogP contribution in [0, 0.1) is 0 Å². The number of pyridine rings is 2. The fourth-order valence-corrected chi connectivity index (χ4v) is 4.41. The van der Waals surface area contributed by atoms with E-state index in [4.69, 9.17) is 5.73 Å². The van der Waals surface area contributed by atoms with Gasteiger partial charge in [-0.25, -0.2) is 13.8 Å². The van der Waals surface area contributed by atoms with E-state index in [9.17, 15) is 13.6 Å². The van der Waals surface area contributed by atoms with Gasteiger partial charge in [-0.1, -0.05) is 6.07 Å². The number of carbonyl (C=O) groups is 1. The van der Waals surface area contributed by atoms with Crippen LogP contribution < -0.4 is 11.1 Å². The molecule has 0 aromatic carbocycles. The zero-order chi connectivity index (χ0) is 18.3. The minimum Gasteiger partial charge on any atom is -0.397 e. The second kappa shape index (κ2) is 6.60. The summed E-state index contributed by atoms with van der Waals surface area (Å²) in [6.45, 7) is 0.284. The predicted octanol–water partition coefficient (Wildman–Crippen LogP) is 3.63. The lowest BCUT2D eigenvalue weighted by atomic mass is 10.0. The van der Waals surface area contributed by atoms with Gasteiger partial charge in [0.1, 0.15) is 9.71 Å². The van der Waals surface area contributed by atoms with Crippen LogP contribution >= 0.6 is 11.3 Å². The molecule has 0 radical (unpaired) electrons. The van der Waals surface area contributed by atoms with Gasteiger partial charge in [-0.2, -0.15) is 0 Å². The number of nitrogens with two attached hydrogens (primary N) is 1. The lowest BCUT2D eigenvalue weighted by molar-refractivity contribution is 0.0955. The van der Waals surface area contributed by atoms with Crippen molar-refractivity contribution in [3.63, 3.8) is 0 Å². The number of nitrogens with one attached hydrogen (secondary N) is 1. The maximum Gasteiger partial charge on any atom is 0.264 e. The molecule has 0 spiro atoms. The molecule has 3 aromatic rings. The van der Waals surface area contributed by atoms with Gasteiger partial charge in [0, 0.05) is 35.6 Å². The molecule has 0 fully saturated rings. The molecule has 3 heterocycles. The van der Waals surface area contributed by atoms with Gasteiger partial charge in [-0.3, -0.25) is 9.78 Å². The molecule has 0 atom stereocenters. The van der Waals surface area contributed by atoms with Crippen LogP contribution in [-0.2, 0) is 19.4 Å². The van der Waals surface area contributed by atoms with Crippen LogP contribution in [0.15, 0.2) is 24.5 Å². The maximum atomic E-state index is 13.7. The van der Waals surface area contributed by atoms with E-state index in [1.165, 1.54) is 0 Å². The first-order valence-electron chi connectivity index (χ1n) is 8.25. The van der Waals surface area contributed by atoms with Gasteiger partial charge >= 0.3 is 0 Å². The number of anilines is 1. The number of halogens is 2. The van der Waals surface area contributed by atoms with E-state index in [1.807, 2.05) is 6.07 Å². The van der Waals surface area contributed by atoms with Crippen LogP contribution in [0.25, 0.3) is 10.2 Å². The minimum atomic E-state index is -2.64. The quantitative estimate of drug-likeness (QED) is 0.731. The first kappa shape index (κ1) is 16.8. The summed E-state index contributed by atoms with van der Waals surface area (Å²) in [6.07, 6.45) is 2.73. The summed E-state index contributed by atoms with van der Waals surface area (Å²) in [6, 6.07) is 3.61. The van der Waals surface area contributed by atoms with Crippen LogP contribution in [0.1, 0.15) is 44.9 Å². The number of aromatic nitrogens is 2. The van der Waals surface area contributed by atoms with Crippen molar-refractivity contribution in [2.45, 2.75) is 32.2 Å². The van der Waals surface area contributed by atoms with E-state index in [-0.39, 0.29) is 28.1 Å². The second-order valence-electron chi connectivity index (χ2n) is 6.17. The van der Waals surface area contributed by atoms with Crippen molar-refractivity contribution < 1.29 is 13.6 Å². The van der Waals surface area contributed by atoms with E-state index in [0.717, 1.165) is 23.3 Å². The van der Waals surface area contributed by atoms with Crippen LogP contribution in [-0.4, -0.2) is 15.9 Å². The Kier molecular flexibility index (Phi) is 4.28. The molecule has 0 bridgehead atoms. The van der Waals surface area contributed by atoms with Crippen LogP contribution in [0.5, 0.6) is 0 Å². The van der Waals surface area contributed by atoms with E-state index in [0.29, 0.717) is 28.9 Å². The number of hydrogen-bond donors (Lipinski definition) is 2. The Bertz CT molecular complexity index is 988. The number of nitrogen functional groups attached to an aromatic ring is 1. The van der Waals surface area contributed by atoms with Crippen molar-refractivity contribution in [1.29, 1.82) is 0 Å². The van der Waals surface area contributed by atoms with Crippen LogP contribution in [0.2, 0.25) is 0 Å². The summed E-state index contributed by atoms with van der Waals surface area (Å²) in [5.74, 6) is -0.394. The molecule has 0 unspecified atom stereocenters. The summed E-state index contributed by atoms with van der Waals surface area (Å²) < 4.78 is 27.5. The Morgan fingerprint density at radius 3 is 2.96 bits per heavy atom. The molecule has 3 aromatic heterocycles. The summed E-state index contributed by atoms with van der Waals surface area (Å²) in [4.78, 5) is 21.6. The molecule has 3 N–H and O–H groups in total. The largest absolute Gasteiger partial charge is 0.397 e. The van der Waals surface area contributed by atoms with Crippen molar-refractivity contribution in [2.75, 3.05) is 5.73 Å². The highest BCUT2D eigenvalue weighted by molar-refractivity contribution is 7.21. The number of fused-ring (bicyclic) bond motifs is 2. The SMILES string of the molecule is Nc1c(C(=O)NCc2cccnc2)sc2nc3c(c(C(F)F)c12)CCC3. The number of nitrogens with zero attached hydrogens (tertiary/aromatic N) is 2. The lowest BCUT2D eigenvalue weighted by Crippen LogP contribution is -2.22. The van der Waals surface area contributed by atoms with Crippen LogP contribution in [0.3, 0.4) is 0 Å². The van der Waals surface area contributed by atoms with E-state index < -0.39 is 12.3 Å². The first-order valence-corrected chi connectivity index (χ1v) is 9.06. The summed E-state index contributed by atoms with van der Waals surface area (Å²) in [5, 5.41) is 2.99. The zero-order valence-electron chi connectivity index (χ0n) is 13.8. The third-order valence-corrected chi connectivity index (χ3v) is 5.64. The topological polar surface area (TPSA) is 80.9 Å². The molecule has 0 saturated carbocycles. The summed E-state index contributed by atoms with van der Waals surface area (Å²) >= 11 is 1.07. The van der Waals surface area contributed by atoms with Gasteiger partial charge in [-0.05, 0) is 36.5 Å². The minimum absolute atomic E-state index is 0.0532. The highest BCUT2D eigenvalue weighted by Crippen LogP contribution is 2.43. The average Bonchev–Trinajstić information content (AvgIpc) is 3.23. The number of thiophene rings is 1. The molecule has 1 aliphatic carbocycles. The number of carbonyl (C=O) groups excluding carboxylic acids is 1. The van der Waals surface area contributed by atoms with Gasteiger partial charge in [0.15, 0.2) is 0 Å². The number of aryl methyl sites for hydroxylation is 1. The molecular weight excluding hydrogens is 358 g/mol. The number of amides is 1. The van der Waals surface area contributed by atoms with Gasteiger partial charge in [0.2, 0.25) is 0 Å². The Hall–Kier alpha value is -2.61. The molecule has 8 heteroatoms. The Morgan fingerprint density at radius 1 is 1.38 bits per heavy atom. The Labute approximate surface area is 152 Å². The van der Waals surface area contributed by atoms with Gasteiger partial charge in [-0.15, -0.1) is 11.3 Å². The first-order chi connectivity index (χ1) is 12.6. The standard InChI is InChI=1S/C18H16F2N4OS/c19-16(20)12-10-4-1-5-11(10)24-18-13(12)14(21)15(26-18)17(25)23-8-9-3-2-6-22-7-9/h2-3,6-7,16H,1,4-5,8,21H2,(H,23,25). The number of hydrogen-bond acceptors (Lipinski definition) is 5. The van der Waals surface area contributed by atoms with Crippen molar-refractivity contribution in [3.8, 4) is 0 Å². The Morgan fingerprint density at radius 2 is 2.23 bits per heavy atom. The van der Waals surface area contributed by atoms with Crippen molar-refractivity contribution in [1.82, 2.24) is 15.3 Å². The van der Waals surface area contributed by atoms with Crippen molar-refractivity contribution in [3.05, 3.63) is 51.8 Å². The average molecular weight is 374 g/mol. The molecule has 0 aliphatic heterocycles. The van der Waals surface area contributed by atoms with Crippen molar-refractivity contribution in [2.24, 2.45) is 0 Å².